The molecule has 1 aliphatic carbocycles. The highest BCUT2D eigenvalue weighted by Gasteiger charge is 2.57. The summed E-state index contributed by atoms with van der Waals surface area (Å²) in [6.07, 6.45) is 0.492. The second kappa shape index (κ2) is 6.32. The molecule has 0 spiro atoms. The SMILES string of the molecule is O=C(c1cccc(Cl)c1Cl)N1CCN(C(=O)C2CC2(Cl)Cl)CC1. The summed E-state index contributed by atoms with van der Waals surface area (Å²) in [5, 5.41) is 0.602. The van der Waals surface area contributed by atoms with Crippen LogP contribution in [0.15, 0.2) is 18.2 Å². The normalized spacial score (nSPS) is 22.9. The van der Waals surface area contributed by atoms with Crippen molar-refractivity contribution in [3.63, 3.8) is 0 Å². The minimum Gasteiger partial charge on any atom is -0.339 e. The Labute approximate surface area is 154 Å². The Bertz CT molecular complexity index is 657. The van der Waals surface area contributed by atoms with E-state index in [1.165, 1.54) is 0 Å². The number of nitrogens with zero attached hydrogens (tertiary/aromatic N) is 2. The van der Waals surface area contributed by atoms with Gasteiger partial charge in [-0.1, -0.05) is 29.3 Å². The number of carbonyl (C=O) groups is 2. The van der Waals surface area contributed by atoms with E-state index in [4.69, 9.17) is 46.4 Å². The monoisotopic (exact) mass is 394 g/mol. The Morgan fingerprint density at radius 3 is 2.17 bits per heavy atom. The number of halogens is 4. The molecule has 1 aromatic rings. The molecule has 1 atom stereocenters. The molecular formula is C15H14Cl4N2O2. The van der Waals surface area contributed by atoms with Crippen LogP contribution in [0.2, 0.25) is 10.0 Å². The van der Waals surface area contributed by atoms with Gasteiger partial charge in [0.15, 0.2) is 0 Å². The van der Waals surface area contributed by atoms with Crippen LogP contribution in [0, 0.1) is 5.92 Å². The average Bonchev–Trinajstić information content (AvgIpc) is 3.17. The van der Waals surface area contributed by atoms with Crippen LogP contribution in [0.25, 0.3) is 0 Å². The maximum absolute atomic E-state index is 12.5. The molecule has 0 radical (unpaired) electrons. The second-order valence-corrected chi connectivity index (χ2v) is 8.06. The summed E-state index contributed by atoms with van der Waals surface area (Å²) >= 11 is 23.9. The Morgan fingerprint density at radius 2 is 1.61 bits per heavy atom. The van der Waals surface area contributed by atoms with Gasteiger partial charge in [-0.05, 0) is 18.6 Å². The molecule has 124 valence electrons. The van der Waals surface area contributed by atoms with Gasteiger partial charge in [0.25, 0.3) is 5.91 Å². The predicted molar refractivity (Wildman–Crippen MR) is 91.5 cm³/mol. The van der Waals surface area contributed by atoms with Crippen molar-refractivity contribution in [2.75, 3.05) is 26.2 Å². The first-order valence-electron chi connectivity index (χ1n) is 7.21. The molecule has 4 nitrogen and oxygen atoms in total. The van der Waals surface area contributed by atoms with Crippen molar-refractivity contribution in [3.8, 4) is 0 Å². The lowest BCUT2D eigenvalue weighted by Gasteiger charge is -2.35. The van der Waals surface area contributed by atoms with E-state index in [1.807, 2.05) is 0 Å². The molecule has 2 aliphatic rings. The third-order valence-corrected chi connectivity index (χ3v) is 5.84. The Hall–Kier alpha value is -0.680. The van der Waals surface area contributed by atoms with Crippen molar-refractivity contribution < 1.29 is 9.59 Å². The van der Waals surface area contributed by atoms with Crippen LogP contribution in [0.5, 0.6) is 0 Å². The average molecular weight is 396 g/mol. The molecule has 0 bridgehead atoms. The molecule has 1 unspecified atom stereocenters. The van der Waals surface area contributed by atoms with Gasteiger partial charge >= 0.3 is 0 Å². The molecule has 3 rings (SSSR count). The third kappa shape index (κ3) is 3.41. The number of piperazine rings is 1. The van der Waals surface area contributed by atoms with Gasteiger partial charge in [0.2, 0.25) is 5.91 Å². The van der Waals surface area contributed by atoms with Crippen LogP contribution < -0.4 is 0 Å². The van der Waals surface area contributed by atoms with Crippen LogP contribution in [-0.2, 0) is 4.79 Å². The molecule has 1 saturated heterocycles. The van der Waals surface area contributed by atoms with E-state index in [0.29, 0.717) is 43.2 Å². The highest BCUT2D eigenvalue weighted by molar-refractivity contribution is 6.52. The molecule has 0 N–H and O–H groups in total. The van der Waals surface area contributed by atoms with E-state index in [0.717, 1.165) is 0 Å². The first-order chi connectivity index (χ1) is 10.8. The van der Waals surface area contributed by atoms with Crippen molar-refractivity contribution in [2.24, 2.45) is 5.92 Å². The Balaban J connectivity index is 1.62. The molecule has 2 fully saturated rings. The van der Waals surface area contributed by atoms with Gasteiger partial charge in [0.05, 0.1) is 21.5 Å². The van der Waals surface area contributed by atoms with Crippen molar-refractivity contribution in [1.29, 1.82) is 0 Å². The lowest BCUT2D eigenvalue weighted by atomic mass is 10.1. The maximum atomic E-state index is 12.5. The van der Waals surface area contributed by atoms with E-state index in [2.05, 4.69) is 0 Å². The molecule has 1 aromatic carbocycles. The van der Waals surface area contributed by atoms with Crippen LogP contribution in [0.4, 0.5) is 0 Å². The zero-order valence-electron chi connectivity index (χ0n) is 12.1. The number of alkyl halides is 2. The van der Waals surface area contributed by atoms with Crippen molar-refractivity contribution in [3.05, 3.63) is 33.8 Å². The molecule has 0 aromatic heterocycles. The molecule has 2 amide bonds. The minimum atomic E-state index is -0.918. The van der Waals surface area contributed by atoms with Crippen LogP contribution in [0.3, 0.4) is 0 Å². The summed E-state index contributed by atoms with van der Waals surface area (Å²) in [6.45, 7) is 1.81. The fourth-order valence-electron chi connectivity index (χ4n) is 2.67. The number of rotatable bonds is 2. The van der Waals surface area contributed by atoms with Crippen molar-refractivity contribution in [2.45, 2.75) is 10.8 Å². The maximum Gasteiger partial charge on any atom is 0.255 e. The minimum absolute atomic E-state index is 0.0390. The van der Waals surface area contributed by atoms with Crippen LogP contribution in [0.1, 0.15) is 16.8 Å². The molecule has 8 heteroatoms. The fourth-order valence-corrected chi connectivity index (χ4v) is 3.55. The van der Waals surface area contributed by atoms with E-state index in [-0.39, 0.29) is 22.8 Å². The van der Waals surface area contributed by atoms with Gasteiger partial charge in [-0.25, -0.2) is 0 Å². The van der Waals surface area contributed by atoms with Crippen molar-refractivity contribution >= 4 is 58.2 Å². The highest BCUT2D eigenvalue weighted by Crippen LogP contribution is 2.53. The smallest absolute Gasteiger partial charge is 0.255 e. The van der Waals surface area contributed by atoms with Crippen LogP contribution in [-0.4, -0.2) is 52.1 Å². The third-order valence-electron chi connectivity index (χ3n) is 4.18. The van der Waals surface area contributed by atoms with Gasteiger partial charge < -0.3 is 9.80 Å². The first kappa shape index (κ1) is 17.2. The van der Waals surface area contributed by atoms with Crippen molar-refractivity contribution in [1.82, 2.24) is 9.80 Å². The lowest BCUT2D eigenvalue weighted by Crippen LogP contribution is -2.51. The standard InChI is InChI=1S/C15H14Cl4N2O2/c16-11-3-1-2-9(12(11)17)13(22)20-4-6-21(7-5-20)14(23)10-8-15(10,18)19/h1-3,10H,4-8H2. The Morgan fingerprint density at radius 1 is 1.04 bits per heavy atom. The quantitative estimate of drug-likeness (QED) is 0.719. The zero-order valence-corrected chi connectivity index (χ0v) is 15.1. The fraction of sp³-hybridized carbons (Fsp3) is 0.467. The zero-order chi connectivity index (χ0) is 16.8. The molecule has 23 heavy (non-hydrogen) atoms. The molecular weight excluding hydrogens is 382 g/mol. The summed E-state index contributed by atoms with van der Waals surface area (Å²) in [4.78, 5) is 28.2. The predicted octanol–water partition coefficient (Wildman–Crippen LogP) is 3.47. The molecule has 1 aliphatic heterocycles. The van der Waals surface area contributed by atoms with Gasteiger partial charge in [-0.3, -0.25) is 9.59 Å². The Kier molecular flexibility index (Phi) is 4.71. The molecule has 1 heterocycles. The lowest BCUT2D eigenvalue weighted by molar-refractivity contribution is -0.134. The number of benzene rings is 1. The topological polar surface area (TPSA) is 40.6 Å². The largest absolute Gasteiger partial charge is 0.339 e. The van der Waals surface area contributed by atoms with E-state index in [9.17, 15) is 9.59 Å². The summed E-state index contributed by atoms with van der Waals surface area (Å²) in [7, 11) is 0. The number of carbonyl (C=O) groups excluding carboxylic acids is 2. The summed E-state index contributed by atoms with van der Waals surface area (Å²) in [5.41, 5.74) is 0.377. The van der Waals surface area contributed by atoms with E-state index < -0.39 is 4.33 Å². The van der Waals surface area contributed by atoms with Gasteiger partial charge in [-0.2, -0.15) is 0 Å². The van der Waals surface area contributed by atoms with Gasteiger partial charge in [0, 0.05) is 26.2 Å². The highest BCUT2D eigenvalue weighted by atomic mass is 35.5. The number of hydrogen-bond acceptors (Lipinski definition) is 2. The number of hydrogen-bond donors (Lipinski definition) is 0. The number of amides is 2. The van der Waals surface area contributed by atoms with E-state index >= 15 is 0 Å². The van der Waals surface area contributed by atoms with E-state index in [1.54, 1.807) is 28.0 Å². The van der Waals surface area contributed by atoms with Gasteiger partial charge in [-0.15, -0.1) is 23.2 Å². The van der Waals surface area contributed by atoms with Crippen LogP contribution >= 0.6 is 46.4 Å². The molecule has 1 saturated carbocycles. The van der Waals surface area contributed by atoms with Gasteiger partial charge in [0.1, 0.15) is 4.33 Å². The summed E-state index contributed by atoms with van der Waals surface area (Å²) < 4.78 is -0.918. The summed E-state index contributed by atoms with van der Waals surface area (Å²) in [5.74, 6) is -0.543. The summed E-state index contributed by atoms with van der Waals surface area (Å²) in [6, 6.07) is 4.97. The second-order valence-electron chi connectivity index (χ2n) is 5.74. The first-order valence-corrected chi connectivity index (χ1v) is 8.72.